The average molecular weight is 417 g/mol. The van der Waals surface area contributed by atoms with Crippen LogP contribution in [-0.2, 0) is 35.5 Å². The molecule has 1 N–H and O–H groups in total. The van der Waals surface area contributed by atoms with E-state index >= 15 is 0 Å². The van der Waals surface area contributed by atoms with E-state index in [9.17, 15) is 9.18 Å². The van der Waals surface area contributed by atoms with Crippen LogP contribution in [0.4, 0.5) is 4.39 Å². The van der Waals surface area contributed by atoms with Crippen molar-refractivity contribution in [1.29, 1.82) is 0 Å². The molecule has 162 valence electrons. The second-order valence-electron chi connectivity index (χ2n) is 7.71. The van der Waals surface area contributed by atoms with Gasteiger partial charge < -0.3 is 19.4 Å². The molecule has 1 unspecified atom stereocenters. The van der Waals surface area contributed by atoms with Crippen LogP contribution in [-0.4, -0.2) is 65.0 Å². The lowest BCUT2D eigenvalue weighted by atomic mass is 10.2. The maximum absolute atomic E-state index is 14.2. The summed E-state index contributed by atoms with van der Waals surface area (Å²) in [4.78, 5) is 14.3. The van der Waals surface area contributed by atoms with E-state index in [-0.39, 0.29) is 17.8 Å². The molecule has 8 nitrogen and oxygen atoms in total. The number of nitrogens with one attached hydrogen (secondary N) is 1. The number of hydrogen-bond acceptors (Lipinski definition) is 6. The Kier molecular flexibility index (Phi) is 6.59. The van der Waals surface area contributed by atoms with Gasteiger partial charge in [0.2, 0.25) is 5.91 Å². The summed E-state index contributed by atoms with van der Waals surface area (Å²) in [6.07, 6.45) is 2.78. The van der Waals surface area contributed by atoms with Gasteiger partial charge in [-0.25, -0.2) is 4.39 Å². The summed E-state index contributed by atoms with van der Waals surface area (Å²) in [5.74, 6) is 2.19. The fourth-order valence-corrected chi connectivity index (χ4v) is 4.01. The van der Waals surface area contributed by atoms with E-state index < -0.39 is 0 Å². The molecule has 9 heteroatoms. The minimum atomic E-state index is -0.314. The van der Waals surface area contributed by atoms with Gasteiger partial charge in [-0.2, -0.15) is 0 Å². The van der Waals surface area contributed by atoms with Crippen molar-refractivity contribution in [2.24, 2.45) is 0 Å². The molecule has 30 heavy (non-hydrogen) atoms. The second-order valence-corrected chi connectivity index (χ2v) is 7.71. The number of nitrogens with zero attached hydrogens (tertiary/aromatic N) is 4. The van der Waals surface area contributed by atoms with E-state index in [0.717, 1.165) is 50.5 Å². The van der Waals surface area contributed by atoms with E-state index in [2.05, 4.69) is 25.0 Å². The zero-order chi connectivity index (χ0) is 20.9. The van der Waals surface area contributed by atoms with Gasteiger partial charge in [0.15, 0.2) is 0 Å². The molecule has 1 aromatic heterocycles. The Hall–Kier alpha value is -2.52. The summed E-state index contributed by atoms with van der Waals surface area (Å²) in [7, 11) is 1.58. The van der Waals surface area contributed by atoms with Gasteiger partial charge in [0.25, 0.3) is 0 Å². The highest BCUT2D eigenvalue weighted by Gasteiger charge is 2.24. The van der Waals surface area contributed by atoms with Crippen LogP contribution in [0.25, 0.3) is 0 Å². The third-order valence-electron chi connectivity index (χ3n) is 5.71. The minimum Gasteiger partial charge on any atom is -0.497 e. The number of halogens is 1. The first kappa shape index (κ1) is 20.7. The number of ether oxygens (including phenoxy) is 2. The molecule has 2 aromatic rings. The molecule has 1 fully saturated rings. The summed E-state index contributed by atoms with van der Waals surface area (Å²) in [6, 6.07) is 4.83. The van der Waals surface area contributed by atoms with Gasteiger partial charge in [0.1, 0.15) is 29.3 Å². The number of carbonyl (C=O) groups excluding carboxylic acids is 1. The third-order valence-corrected chi connectivity index (χ3v) is 5.71. The summed E-state index contributed by atoms with van der Waals surface area (Å²) in [5, 5.41) is 11.6. The zero-order valence-corrected chi connectivity index (χ0v) is 17.3. The SMILES string of the molecule is COc1ccc(F)c(CN2CCc3nnc(CCNC(=O)C4CCCO4)n3CC2)c1. The van der Waals surface area contributed by atoms with Crippen molar-refractivity contribution in [3.8, 4) is 5.75 Å². The van der Waals surface area contributed by atoms with Crippen LogP contribution in [0.3, 0.4) is 0 Å². The Labute approximate surface area is 175 Å². The molecule has 0 aliphatic carbocycles. The summed E-state index contributed by atoms with van der Waals surface area (Å²) >= 11 is 0. The Morgan fingerprint density at radius 2 is 2.23 bits per heavy atom. The molecule has 1 saturated heterocycles. The van der Waals surface area contributed by atoms with Crippen LogP contribution < -0.4 is 10.1 Å². The Morgan fingerprint density at radius 1 is 1.33 bits per heavy atom. The van der Waals surface area contributed by atoms with E-state index in [4.69, 9.17) is 9.47 Å². The van der Waals surface area contributed by atoms with Crippen LogP contribution >= 0.6 is 0 Å². The molecule has 2 aliphatic rings. The van der Waals surface area contributed by atoms with Crippen LogP contribution in [0.15, 0.2) is 18.2 Å². The molecule has 3 heterocycles. The number of hydrogen-bond donors (Lipinski definition) is 1. The molecule has 4 rings (SSSR count). The molecule has 0 radical (unpaired) electrons. The predicted octanol–water partition coefficient (Wildman–Crippen LogP) is 1.32. The van der Waals surface area contributed by atoms with Gasteiger partial charge in [-0.15, -0.1) is 10.2 Å². The van der Waals surface area contributed by atoms with Gasteiger partial charge in [-0.3, -0.25) is 9.69 Å². The lowest BCUT2D eigenvalue weighted by Gasteiger charge is -2.20. The number of amides is 1. The Balaban J connectivity index is 1.32. The summed E-state index contributed by atoms with van der Waals surface area (Å²) in [6.45, 7) is 3.99. The normalized spacial score (nSPS) is 19.3. The van der Waals surface area contributed by atoms with Gasteiger partial charge >= 0.3 is 0 Å². The summed E-state index contributed by atoms with van der Waals surface area (Å²) in [5.41, 5.74) is 0.629. The largest absolute Gasteiger partial charge is 0.497 e. The van der Waals surface area contributed by atoms with Crippen molar-refractivity contribution in [3.63, 3.8) is 0 Å². The highest BCUT2D eigenvalue weighted by Crippen LogP contribution is 2.19. The van der Waals surface area contributed by atoms with Crippen LogP contribution in [0.5, 0.6) is 5.75 Å². The van der Waals surface area contributed by atoms with Crippen molar-refractivity contribution < 1.29 is 18.7 Å². The standard InChI is InChI=1S/C21H28FN5O3/c1-29-16-4-5-17(22)15(13-16)14-26-9-7-20-25-24-19(27(20)11-10-26)6-8-23-21(28)18-3-2-12-30-18/h4-5,13,18H,2-3,6-12,14H2,1H3,(H,23,28). The smallest absolute Gasteiger partial charge is 0.249 e. The zero-order valence-electron chi connectivity index (χ0n) is 17.3. The Morgan fingerprint density at radius 3 is 3.03 bits per heavy atom. The quantitative estimate of drug-likeness (QED) is 0.732. The number of fused-ring (bicyclic) bond motifs is 1. The van der Waals surface area contributed by atoms with E-state index in [1.54, 1.807) is 19.2 Å². The monoisotopic (exact) mass is 417 g/mol. The third kappa shape index (κ3) is 4.79. The fraction of sp³-hybridized carbons (Fsp3) is 0.571. The fourth-order valence-electron chi connectivity index (χ4n) is 4.01. The summed E-state index contributed by atoms with van der Waals surface area (Å²) < 4.78 is 26.9. The van der Waals surface area contributed by atoms with Crippen molar-refractivity contribution in [2.75, 3.05) is 33.4 Å². The number of carbonyl (C=O) groups is 1. The van der Waals surface area contributed by atoms with E-state index in [0.29, 0.717) is 37.4 Å². The number of benzene rings is 1. The van der Waals surface area contributed by atoms with Crippen molar-refractivity contribution >= 4 is 5.91 Å². The lowest BCUT2D eigenvalue weighted by molar-refractivity contribution is -0.130. The van der Waals surface area contributed by atoms with E-state index in [1.807, 2.05) is 0 Å². The molecular weight excluding hydrogens is 389 g/mol. The highest BCUT2D eigenvalue weighted by atomic mass is 19.1. The molecule has 0 spiro atoms. The molecule has 0 bridgehead atoms. The second kappa shape index (κ2) is 9.53. The van der Waals surface area contributed by atoms with Crippen LogP contribution in [0.2, 0.25) is 0 Å². The maximum Gasteiger partial charge on any atom is 0.249 e. The topological polar surface area (TPSA) is 81.5 Å². The average Bonchev–Trinajstić information content (AvgIpc) is 3.38. The highest BCUT2D eigenvalue weighted by molar-refractivity contribution is 5.80. The van der Waals surface area contributed by atoms with Gasteiger partial charge in [0.05, 0.1) is 7.11 Å². The van der Waals surface area contributed by atoms with Gasteiger partial charge in [0, 0.05) is 57.7 Å². The van der Waals surface area contributed by atoms with Gasteiger partial charge in [-0.05, 0) is 31.0 Å². The van der Waals surface area contributed by atoms with Crippen molar-refractivity contribution in [3.05, 3.63) is 41.2 Å². The molecule has 1 amide bonds. The number of aromatic nitrogens is 3. The minimum absolute atomic E-state index is 0.0467. The molecule has 2 aliphatic heterocycles. The number of methoxy groups -OCH3 is 1. The Bertz CT molecular complexity index is 882. The van der Waals surface area contributed by atoms with Crippen LogP contribution in [0.1, 0.15) is 30.1 Å². The number of rotatable bonds is 7. The van der Waals surface area contributed by atoms with Crippen molar-refractivity contribution in [1.82, 2.24) is 25.0 Å². The molecule has 1 aromatic carbocycles. The maximum atomic E-state index is 14.2. The molecule has 1 atom stereocenters. The van der Waals surface area contributed by atoms with Crippen LogP contribution in [0, 0.1) is 5.82 Å². The first-order valence-electron chi connectivity index (χ1n) is 10.5. The first-order valence-corrected chi connectivity index (χ1v) is 10.5. The molecular formula is C21H28FN5O3. The first-order chi connectivity index (χ1) is 14.6. The van der Waals surface area contributed by atoms with E-state index in [1.165, 1.54) is 6.07 Å². The molecule has 0 saturated carbocycles. The predicted molar refractivity (Wildman–Crippen MR) is 108 cm³/mol. The van der Waals surface area contributed by atoms with Gasteiger partial charge in [-0.1, -0.05) is 0 Å². The lowest BCUT2D eigenvalue weighted by Crippen LogP contribution is -2.35. The van der Waals surface area contributed by atoms with Crippen molar-refractivity contribution in [2.45, 2.75) is 44.9 Å².